The molecule has 4 nitrogen and oxygen atoms in total. The van der Waals surface area contributed by atoms with Gasteiger partial charge >= 0.3 is 0 Å². The summed E-state index contributed by atoms with van der Waals surface area (Å²) in [6.07, 6.45) is 1.62. The molecular formula is C11H12FN3O. The Hall–Kier alpha value is -2.04. The Labute approximate surface area is 92.3 Å². The number of oxazole rings is 1. The highest BCUT2D eigenvalue weighted by molar-refractivity contribution is 5.52. The number of nitrogen functional groups attached to an aromatic ring is 1. The fourth-order valence-corrected chi connectivity index (χ4v) is 1.33. The molecule has 0 atom stereocenters. The van der Waals surface area contributed by atoms with Gasteiger partial charge in [-0.15, -0.1) is 0 Å². The lowest BCUT2D eigenvalue weighted by molar-refractivity contribution is 0.478. The van der Waals surface area contributed by atoms with E-state index in [1.54, 1.807) is 25.3 Å². The van der Waals surface area contributed by atoms with Crippen LogP contribution in [0, 0.1) is 12.7 Å². The van der Waals surface area contributed by atoms with Crippen LogP contribution < -0.4 is 11.1 Å². The Morgan fingerprint density at radius 3 is 2.94 bits per heavy atom. The first-order valence-electron chi connectivity index (χ1n) is 4.85. The molecule has 0 bridgehead atoms. The van der Waals surface area contributed by atoms with Gasteiger partial charge < -0.3 is 15.5 Å². The van der Waals surface area contributed by atoms with E-state index in [1.807, 2.05) is 0 Å². The summed E-state index contributed by atoms with van der Waals surface area (Å²) in [5.41, 5.74) is 6.22. The van der Waals surface area contributed by atoms with Crippen LogP contribution in [0.1, 0.15) is 11.7 Å². The molecule has 0 aliphatic heterocycles. The standard InChI is InChI=1S/C11H12FN3O/c1-7-5-15-11(16-7)6-14-10-3-2-8(13)4-9(10)12/h2-5,14H,6,13H2,1H3. The largest absolute Gasteiger partial charge is 0.444 e. The number of rotatable bonds is 3. The third kappa shape index (κ3) is 2.31. The smallest absolute Gasteiger partial charge is 0.213 e. The first-order chi connectivity index (χ1) is 7.65. The Morgan fingerprint density at radius 2 is 2.31 bits per heavy atom. The zero-order valence-electron chi connectivity index (χ0n) is 8.83. The van der Waals surface area contributed by atoms with E-state index < -0.39 is 0 Å². The third-order valence-electron chi connectivity index (χ3n) is 2.09. The van der Waals surface area contributed by atoms with E-state index in [-0.39, 0.29) is 5.82 Å². The van der Waals surface area contributed by atoms with Gasteiger partial charge in [-0.25, -0.2) is 9.37 Å². The number of nitrogens with one attached hydrogen (secondary N) is 1. The Bertz CT molecular complexity index is 496. The summed E-state index contributed by atoms with van der Waals surface area (Å²) in [5, 5.41) is 2.88. The van der Waals surface area contributed by atoms with Gasteiger partial charge in [-0.3, -0.25) is 0 Å². The van der Waals surface area contributed by atoms with Crippen molar-refractivity contribution in [3.8, 4) is 0 Å². The molecule has 5 heteroatoms. The minimum atomic E-state index is -0.386. The first-order valence-corrected chi connectivity index (χ1v) is 4.85. The molecule has 0 unspecified atom stereocenters. The molecule has 1 aromatic carbocycles. The lowest BCUT2D eigenvalue weighted by atomic mass is 10.2. The van der Waals surface area contributed by atoms with Gasteiger partial charge in [0.1, 0.15) is 11.6 Å². The SMILES string of the molecule is Cc1cnc(CNc2ccc(N)cc2F)o1. The predicted molar refractivity (Wildman–Crippen MR) is 59.4 cm³/mol. The average molecular weight is 221 g/mol. The molecule has 0 fully saturated rings. The second-order valence-electron chi connectivity index (χ2n) is 3.46. The zero-order chi connectivity index (χ0) is 11.5. The molecule has 0 saturated heterocycles. The van der Waals surface area contributed by atoms with Gasteiger partial charge in [0.25, 0.3) is 0 Å². The van der Waals surface area contributed by atoms with Crippen molar-refractivity contribution in [1.82, 2.24) is 4.98 Å². The zero-order valence-corrected chi connectivity index (χ0v) is 8.83. The van der Waals surface area contributed by atoms with Gasteiger partial charge in [0.05, 0.1) is 18.4 Å². The summed E-state index contributed by atoms with van der Waals surface area (Å²) in [6.45, 7) is 2.15. The van der Waals surface area contributed by atoms with Crippen LogP contribution in [0.4, 0.5) is 15.8 Å². The van der Waals surface area contributed by atoms with Gasteiger partial charge in [-0.2, -0.15) is 0 Å². The van der Waals surface area contributed by atoms with E-state index in [4.69, 9.17) is 10.2 Å². The molecule has 0 spiro atoms. The highest BCUT2D eigenvalue weighted by Gasteiger charge is 2.04. The quantitative estimate of drug-likeness (QED) is 0.781. The van der Waals surface area contributed by atoms with E-state index in [1.165, 1.54) is 6.07 Å². The molecule has 2 rings (SSSR count). The number of nitrogens with zero attached hydrogens (tertiary/aromatic N) is 1. The summed E-state index contributed by atoms with van der Waals surface area (Å²) < 4.78 is 18.6. The highest BCUT2D eigenvalue weighted by Crippen LogP contribution is 2.17. The van der Waals surface area contributed by atoms with Crippen molar-refractivity contribution in [2.24, 2.45) is 0 Å². The van der Waals surface area contributed by atoms with Gasteiger partial charge in [0.2, 0.25) is 5.89 Å². The van der Waals surface area contributed by atoms with E-state index in [2.05, 4.69) is 10.3 Å². The van der Waals surface area contributed by atoms with Crippen LogP contribution in [0.15, 0.2) is 28.8 Å². The van der Waals surface area contributed by atoms with Crippen LogP contribution in [-0.2, 0) is 6.54 Å². The number of benzene rings is 1. The molecule has 0 radical (unpaired) electrons. The second-order valence-corrected chi connectivity index (χ2v) is 3.46. The van der Waals surface area contributed by atoms with Crippen molar-refractivity contribution in [3.05, 3.63) is 41.9 Å². The predicted octanol–water partition coefficient (Wildman–Crippen LogP) is 2.32. The summed E-state index contributed by atoms with van der Waals surface area (Å²) in [7, 11) is 0. The lowest BCUT2D eigenvalue weighted by Gasteiger charge is -2.05. The van der Waals surface area contributed by atoms with Gasteiger partial charge in [0, 0.05) is 5.69 Å². The van der Waals surface area contributed by atoms with Crippen LogP contribution in [-0.4, -0.2) is 4.98 Å². The number of hydrogen-bond acceptors (Lipinski definition) is 4. The molecular weight excluding hydrogens is 209 g/mol. The van der Waals surface area contributed by atoms with Crippen LogP contribution in [0.25, 0.3) is 0 Å². The third-order valence-corrected chi connectivity index (χ3v) is 2.09. The van der Waals surface area contributed by atoms with Crippen LogP contribution in [0.3, 0.4) is 0 Å². The topological polar surface area (TPSA) is 64.1 Å². The van der Waals surface area contributed by atoms with Crippen molar-refractivity contribution in [1.29, 1.82) is 0 Å². The molecule has 0 saturated carbocycles. The van der Waals surface area contributed by atoms with Crippen LogP contribution >= 0.6 is 0 Å². The van der Waals surface area contributed by atoms with Crippen molar-refractivity contribution in [2.45, 2.75) is 13.5 Å². The number of anilines is 2. The molecule has 2 aromatic rings. The van der Waals surface area contributed by atoms with Crippen molar-refractivity contribution in [2.75, 3.05) is 11.1 Å². The average Bonchev–Trinajstić information content (AvgIpc) is 2.63. The maximum absolute atomic E-state index is 13.4. The Balaban J connectivity index is 2.04. The maximum atomic E-state index is 13.4. The molecule has 0 aliphatic carbocycles. The Morgan fingerprint density at radius 1 is 1.50 bits per heavy atom. The summed E-state index contributed by atoms with van der Waals surface area (Å²) in [4.78, 5) is 4.00. The summed E-state index contributed by atoms with van der Waals surface area (Å²) >= 11 is 0. The molecule has 1 heterocycles. The fraction of sp³-hybridized carbons (Fsp3) is 0.182. The van der Waals surface area contributed by atoms with Crippen LogP contribution in [0.5, 0.6) is 0 Å². The molecule has 3 N–H and O–H groups in total. The van der Waals surface area contributed by atoms with Crippen molar-refractivity contribution < 1.29 is 8.81 Å². The highest BCUT2D eigenvalue weighted by atomic mass is 19.1. The number of halogens is 1. The van der Waals surface area contributed by atoms with Crippen LogP contribution in [0.2, 0.25) is 0 Å². The molecule has 0 aliphatic rings. The summed E-state index contributed by atoms with van der Waals surface area (Å²) in [5.74, 6) is 0.867. The van der Waals surface area contributed by atoms with Crippen molar-refractivity contribution in [3.63, 3.8) is 0 Å². The monoisotopic (exact) mass is 221 g/mol. The van der Waals surface area contributed by atoms with E-state index in [0.29, 0.717) is 23.8 Å². The minimum Gasteiger partial charge on any atom is -0.444 e. The number of hydrogen-bond donors (Lipinski definition) is 2. The molecule has 0 amide bonds. The number of nitrogens with two attached hydrogens (primary N) is 1. The minimum absolute atomic E-state index is 0.342. The first kappa shape index (κ1) is 10.5. The van der Waals surface area contributed by atoms with Crippen molar-refractivity contribution >= 4 is 11.4 Å². The normalized spacial score (nSPS) is 10.4. The lowest BCUT2D eigenvalue weighted by Crippen LogP contribution is -2.02. The van der Waals surface area contributed by atoms with Gasteiger partial charge in [-0.1, -0.05) is 0 Å². The fourth-order valence-electron chi connectivity index (χ4n) is 1.33. The number of aromatic nitrogens is 1. The second kappa shape index (κ2) is 4.22. The van der Waals surface area contributed by atoms with E-state index in [0.717, 1.165) is 5.76 Å². The van der Waals surface area contributed by atoms with E-state index in [9.17, 15) is 4.39 Å². The molecule has 84 valence electrons. The maximum Gasteiger partial charge on any atom is 0.213 e. The molecule has 1 aromatic heterocycles. The Kier molecular flexibility index (Phi) is 2.76. The van der Waals surface area contributed by atoms with E-state index >= 15 is 0 Å². The summed E-state index contributed by atoms with van der Waals surface area (Å²) in [6, 6.07) is 4.48. The molecule has 16 heavy (non-hydrogen) atoms. The van der Waals surface area contributed by atoms with Gasteiger partial charge in [0.15, 0.2) is 0 Å². The van der Waals surface area contributed by atoms with Gasteiger partial charge in [-0.05, 0) is 25.1 Å². The number of aryl methyl sites for hydroxylation is 1.